The standard InChI is InChI=1S/C13H11FN4O2/c1-7-11(13-15-6-16-17-13)12(18-20-7)9-4-3-8(14)5-10(9)19-2/h3-6H,1-2H3,(H,15,16,17). The molecule has 0 aliphatic carbocycles. The molecule has 6 nitrogen and oxygen atoms in total. The molecule has 3 aromatic rings. The average Bonchev–Trinajstić information content (AvgIpc) is 3.07. The first kappa shape index (κ1) is 12.3. The van der Waals surface area contributed by atoms with Crippen molar-refractivity contribution in [2.24, 2.45) is 0 Å². The smallest absolute Gasteiger partial charge is 0.161 e. The summed E-state index contributed by atoms with van der Waals surface area (Å²) >= 11 is 0. The first-order valence-corrected chi connectivity index (χ1v) is 5.86. The Morgan fingerprint density at radius 3 is 2.90 bits per heavy atom. The number of rotatable bonds is 3. The molecule has 1 aromatic carbocycles. The fourth-order valence-electron chi connectivity index (χ4n) is 2.02. The van der Waals surface area contributed by atoms with Crippen molar-refractivity contribution in [3.63, 3.8) is 0 Å². The molecule has 7 heteroatoms. The molecule has 1 N–H and O–H groups in total. The highest BCUT2D eigenvalue weighted by Crippen LogP contribution is 2.37. The summed E-state index contributed by atoms with van der Waals surface area (Å²) < 4.78 is 23.7. The number of aryl methyl sites for hydroxylation is 1. The molecule has 0 aliphatic heterocycles. The van der Waals surface area contributed by atoms with E-state index in [2.05, 4.69) is 20.3 Å². The molecule has 0 amide bonds. The highest BCUT2D eigenvalue weighted by Gasteiger charge is 2.21. The molecule has 0 unspecified atom stereocenters. The maximum absolute atomic E-state index is 13.3. The van der Waals surface area contributed by atoms with Gasteiger partial charge in [0.2, 0.25) is 0 Å². The van der Waals surface area contributed by atoms with E-state index in [1.165, 1.54) is 25.6 Å². The summed E-state index contributed by atoms with van der Waals surface area (Å²) in [6.07, 6.45) is 1.40. The van der Waals surface area contributed by atoms with Gasteiger partial charge in [-0.3, -0.25) is 5.10 Å². The zero-order chi connectivity index (χ0) is 14.1. The van der Waals surface area contributed by atoms with Crippen molar-refractivity contribution >= 4 is 0 Å². The second-order valence-corrected chi connectivity index (χ2v) is 4.14. The number of nitrogens with zero attached hydrogens (tertiary/aromatic N) is 3. The van der Waals surface area contributed by atoms with Crippen LogP contribution in [0.2, 0.25) is 0 Å². The summed E-state index contributed by atoms with van der Waals surface area (Å²) in [6, 6.07) is 4.22. The lowest BCUT2D eigenvalue weighted by Gasteiger charge is -2.07. The van der Waals surface area contributed by atoms with Crippen LogP contribution >= 0.6 is 0 Å². The Balaban J connectivity index is 2.22. The van der Waals surface area contributed by atoms with Crippen LogP contribution < -0.4 is 4.74 Å². The topological polar surface area (TPSA) is 76.8 Å². The van der Waals surface area contributed by atoms with E-state index in [0.29, 0.717) is 34.2 Å². The molecule has 3 rings (SSSR count). The molecular weight excluding hydrogens is 263 g/mol. The Hall–Kier alpha value is -2.70. The SMILES string of the molecule is COc1cc(F)ccc1-c1noc(C)c1-c1ncn[nH]1. The molecule has 20 heavy (non-hydrogen) atoms. The van der Waals surface area contributed by atoms with Crippen LogP contribution in [0.15, 0.2) is 29.0 Å². The molecule has 2 heterocycles. The highest BCUT2D eigenvalue weighted by molar-refractivity contribution is 5.81. The number of hydrogen-bond donors (Lipinski definition) is 1. The van der Waals surface area contributed by atoms with E-state index in [1.807, 2.05) is 0 Å². The van der Waals surface area contributed by atoms with Crippen molar-refractivity contribution in [1.29, 1.82) is 0 Å². The number of halogens is 1. The van der Waals surface area contributed by atoms with Gasteiger partial charge in [-0.1, -0.05) is 5.16 Å². The van der Waals surface area contributed by atoms with E-state index in [0.717, 1.165) is 0 Å². The van der Waals surface area contributed by atoms with Gasteiger partial charge in [-0.2, -0.15) is 5.10 Å². The van der Waals surface area contributed by atoms with Crippen molar-refractivity contribution < 1.29 is 13.7 Å². The Labute approximate surface area is 113 Å². The highest BCUT2D eigenvalue weighted by atomic mass is 19.1. The number of ether oxygens (including phenoxy) is 1. The number of hydrogen-bond acceptors (Lipinski definition) is 5. The van der Waals surface area contributed by atoms with Crippen LogP contribution in [-0.2, 0) is 0 Å². The van der Waals surface area contributed by atoms with Gasteiger partial charge in [0, 0.05) is 11.6 Å². The lowest BCUT2D eigenvalue weighted by atomic mass is 10.0. The Kier molecular flexibility index (Phi) is 2.94. The minimum atomic E-state index is -0.382. The van der Waals surface area contributed by atoms with Gasteiger partial charge >= 0.3 is 0 Å². The predicted octanol–water partition coefficient (Wildman–Crippen LogP) is 2.58. The monoisotopic (exact) mass is 274 g/mol. The Bertz CT molecular complexity index is 737. The molecular formula is C13H11FN4O2. The van der Waals surface area contributed by atoms with Gasteiger partial charge < -0.3 is 9.26 Å². The maximum Gasteiger partial charge on any atom is 0.161 e. The van der Waals surface area contributed by atoms with E-state index < -0.39 is 0 Å². The third-order valence-corrected chi connectivity index (χ3v) is 2.93. The molecule has 0 radical (unpaired) electrons. The lowest BCUT2D eigenvalue weighted by Crippen LogP contribution is -1.92. The number of nitrogens with one attached hydrogen (secondary N) is 1. The van der Waals surface area contributed by atoms with Gasteiger partial charge in [0.25, 0.3) is 0 Å². The first-order chi connectivity index (χ1) is 9.70. The van der Waals surface area contributed by atoms with Crippen molar-refractivity contribution in [3.05, 3.63) is 36.1 Å². The first-order valence-electron chi connectivity index (χ1n) is 5.86. The van der Waals surface area contributed by atoms with Crippen LogP contribution in [0.1, 0.15) is 5.76 Å². The van der Waals surface area contributed by atoms with Crippen molar-refractivity contribution in [2.75, 3.05) is 7.11 Å². The molecule has 0 atom stereocenters. The zero-order valence-corrected chi connectivity index (χ0v) is 10.8. The minimum absolute atomic E-state index is 0.374. The second kappa shape index (κ2) is 4.76. The maximum atomic E-state index is 13.3. The molecule has 102 valence electrons. The number of benzene rings is 1. The molecule has 0 saturated carbocycles. The van der Waals surface area contributed by atoms with Crippen molar-refractivity contribution in [1.82, 2.24) is 20.3 Å². The molecule has 0 aliphatic rings. The lowest BCUT2D eigenvalue weighted by molar-refractivity contribution is 0.397. The van der Waals surface area contributed by atoms with E-state index in [9.17, 15) is 4.39 Å². The quantitative estimate of drug-likeness (QED) is 0.794. The van der Waals surface area contributed by atoms with Crippen LogP contribution in [0, 0.1) is 12.7 Å². The number of H-pyrrole nitrogens is 1. The van der Waals surface area contributed by atoms with Crippen LogP contribution in [0.25, 0.3) is 22.6 Å². The molecule has 2 aromatic heterocycles. The molecule has 0 bridgehead atoms. The van der Waals surface area contributed by atoms with Crippen LogP contribution in [0.3, 0.4) is 0 Å². The fourth-order valence-corrected chi connectivity index (χ4v) is 2.02. The second-order valence-electron chi connectivity index (χ2n) is 4.14. The predicted molar refractivity (Wildman–Crippen MR) is 68.6 cm³/mol. The van der Waals surface area contributed by atoms with Crippen LogP contribution in [-0.4, -0.2) is 27.4 Å². The van der Waals surface area contributed by atoms with Gasteiger partial charge in [0.15, 0.2) is 5.82 Å². The number of aromatic amines is 1. The summed E-state index contributed by atoms with van der Waals surface area (Å²) in [7, 11) is 1.47. The van der Waals surface area contributed by atoms with Gasteiger partial charge in [0.1, 0.15) is 29.3 Å². The van der Waals surface area contributed by atoms with E-state index in [-0.39, 0.29) is 5.82 Å². The normalized spacial score (nSPS) is 10.8. The van der Waals surface area contributed by atoms with Crippen LogP contribution in [0.4, 0.5) is 4.39 Å². The summed E-state index contributed by atoms with van der Waals surface area (Å²) in [5.74, 6) is 1.11. The number of methoxy groups -OCH3 is 1. The molecule has 0 spiro atoms. The van der Waals surface area contributed by atoms with E-state index in [4.69, 9.17) is 9.26 Å². The van der Waals surface area contributed by atoms with Crippen molar-refractivity contribution in [2.45, 2.75) is 6.92 Å². The van der Waals surface area contributed by atoms with Gasteiger partial charge in [0.05, 0.1) is 12.7 Å². The zero-order valence-electron chi connectivity index (χ0n) is 10.8. The van der Waals surface area contributed by atoms with Gasteiger partial charge in [-0.25, -0.2) is 9.37 Å². The third kappa shape index (κ3) is 1.93. The largest absolute Gasteiger partial charge is 0.496 e. The third-order valence-electron chi connectivity index (χ3n) is 2.93. The Morgan fingerprint density at radius 2 is 2.20 bits per heavy atom. The van der Waals surface area contributed by atoms with Gasteiger partial charge in [-0.05, 0) is 19.1 Å². The molecule has 0 fully saturated rings. The fraction of sp³-hybridized carbons (Fsp3) is 0.154. The van der Waals surface area contributed by atoms with Gasteiger partial charge in [-0.15, -0.1) is 0 Å². The molecule has 0 saturated heterocycles. The average molecular weight is 274 g/mol. The summed E-state index contributed by atoms with van der Waals surface area (Å²) in [6.45, 7) is 1.77. The minimum Gasteiger partial charge on any atom is -0.496 e. The summed E-state index contributed by atoms with van der Waals surface area (Å²) in [4.78, 5) is 4.10. The Morgan fingerprint density at radius 1 is 1.35 bits per heavy atom. The number of aromatic nitrogens is 4. The van der Waals surface area contributed by atoms with Crippen molar-refractivity contribution in [3.8, 4) is 28.4 Å². The summed E-state index contributed by atoms with van der Waals surface area (Å²) in [5.41, 5.74) is 1.82. The van der Waals surface area contributed by atoms with Crippen LogP contribution in [0.5, 0.6) is 5.75 Å². The van der Waals surface area contributed by atoms with E-state index >= 15 is 0 Å². The van der Waals surface area contributed by atoms with E-state index in [1.54, 1.807) is 13.0 Å². The summed E-state index contributed by atoms with van der Waals surface area (Å²) in [5, 5.41) is 10.6.